The second kappa shape index (κ2) is 5.24. The quantitative estimate of drug-likeness (QED) is 0.940. The summed E-state index contributed by atoms with van der Waals surface area (Å²) in [6.07, 6.45) is 5.22. The molecule has 0 bridgehead atoms. The average Bonchev–Trinajstić information content (AvgIpc) is 2.80. The standard InChI is InChI=1S/C15H24N6/c1-5-21-14-12(19-20-21)13(16-9-17-14)18-11-6-10(2)7-15(3,4)8-11/h9-11H,5-8H2,1-4H3,(H,16,17,18)/t10-,11-/m0/s1. The molecular weight excluding hydrogens is 264 g/mol. The molecule has 0 saturated heterocycles. The van der Waals surface area contributed by atoms with Gasteiger partial charge in [-0.25, -0.2) is 14.6 Å². The van der Waals surface area contributed by atoms with Crippen molar-refractivity contribution in [2.45, 2.75) is 59.5 Å². The Hall–Kier alpha value is -1.72. The Morgan fingerprint density at radius 2 is 2.14 bits per heavy atom. The van der Waals surface area contributed by atoms with Gasteiger partial charge in [-0.1, -0.05) is 26.0 Å². The lowest BCUT2D eigenvalue weighted by molar-refractivity contribution is 0.178. The zero-order valence-electron chi connectivity index (χ0n) is 13.3. The van der Waals surface area contributed by atoms with Crippen LogP contribution in [0.25, 0.3) is 11.2 Å². The Kier molecular flexibility index (Phi) is 3.55. The highest BCUT2D eigenvalue weighted by Gasteiger charge is 2.32. The van der Waals surface area contributed by atoms with Crippen LogP contribution in [0.5, 0.6) is 0 Å². The van der Waals surface area contributed by atoms with Crippen molar-refractivity contribution in [1.82, 2.24) is 25.0 Å². The molecule has 6 heteroatoms. The van der Waals surface area contributed by atoms with Crippen LogP contribution in [0.15, 0.2) is 6.33 Å². The number of anilines is 1. The van der Waals surface area contributed by atoms with Crippen LogP contribution in [0.2, 0.25) is 0 Å². The number of hydrogen-bond donors (Lipinski definition) is 1. The minimum atomic E-state index is 0.377. The van der Waals surface area contributed by atoms with Crippen LogP contribution in [0, 0.1) is 11.3 Å². The van der Waals surface area contributed by atoms with Gasteiger partial charge in [0.25, 0.3) is 0 Å². The van der Waals surface area contributed by atoms with Crippen LogP contribution in [0.3, 0.4) is 0 Å². The van der Waals surface area contributed by atoms with Crippen molar-refractivity contribution in [3.8, 4) is 0 Å². The van der Waals surface area contributed by atoms with E-state index in [1.54, 1.807) is 11.0 Å². The molecule has 0 radical (unpaired) electrons. The molecule has 2 heterocycles. The first-order valence-electron chi connectivity index (χ1n) is 7.79. The fourth-order valence-corrected chi connectivity index (χ4v) is 3.76. The van der Waals surface area contributed by atoms with Gasteiger partial charge in [0.1, 0.15) is 6.33 Å². The molecule has 21 heavy (non-hydrogen) atoms. The van der Waals surface area contributed by atoms with Crippen LogP contribution in [-0.4, -0.2) is 31.0 Å². The molecule has 1 N–H and O–H groups in total. The smallest absolute Gasteiger partial charge is 0.183 e. The molecule has 1 aliphatic carbocycles. The molecule has 2 aromatic rings. The van der Waals surface area contributed by atoms with Gasteiger partial charge in [-0.15, -0.1) is 5.10 Å². The minimum Gasteiger partial charge on any atom is -0.365 e. The van der Waals surface area contributed by atoms with Crippen molar-refractivity contribution in [2.75, 3.05) is 5.32 Å². The van der Waals surface area contributed by atoms with Crippen LogP contribution in [-0.2, 0) is 6.54 Å². The van der Waals surface area contributed by atoms with Crippen molar-refractivity contribution in [3.05, 3.63) is 6.33 Å². The molecule has 0 spiro atoms. The maximum absolute atomic E-state index is 4.38. The molecule has 2 atom stereocenters. The van der Waals surface area contributed by atoms with E-state index in [0.717, 1.165) is 35.9 Å². The predicted octanol–water partition coefficient (Wildman–Crippen LogP) is 2.87. The summed E-state index contributed by atoms with van der Waals surface area (Å²) >= 11 is 0. The fourth-order valence-electron chi connectivity index (χ4n) is 3.76. The van der Waals surface area contributed by atoms with Crippen molar-refractivity contribution in [1.29, 1.82) is 0 Å². The number of nitrogens with zero attached hydrogens (tertiary/aromatic N) is 5. The molecule has 1 aliphatic rings. The average molecular weight is 288 g/mol. The number of aryl methyl sites for hydroxylation is 1. The Morgan fingerprint density at radius 3 is 2.86 bits per heavy atom. The second-order valence-corrected chi connectivity index (χ2v) is 7.05. The van der Waals surface area contributed by atoms with Gasteiger partial charge in [0.15, 0.2) is 17.0 Å². The molecule has 0 unspecified atom stereocenters. The Labute approximate surface area is 125 Å². The lowest BCUT2D eigenvalue weighted by atomic mass is 9.70. The molecule has 1 saturated carbocycles. The molecule has 0 aliphatic heterocycles. The van der Waals surface area contributed by atoms with Gasteiger partial charge >= 0.3 is 0 Å². The van der Waals surface area contributed by atoms with E-state index < -0.39 is 0 Å². The van der Waals surface area contributed by atoms with Crippen LogP contribution >= 0.6 is 0 Å². The van der Waals surface area contributed by atoms with Gasteiger partial charge in [-0.2, -0.15) is 0 Å². The normalized spacial score (nSPS) is 25.1. The molecule has 1 fully saturated rings. The molecule has 0 amide bonds. The van der Waals surface area contributed by atoms with E-state index in [1.165, 1.54) is 12.8 Å². The first-order valence-corrected chi connectivity index (χ1v) is 7.79. The summed E-state index contributed by atoms with van der Waals surface area (Å²) in [5, 5.41) is 12.0. The Morgan fingerprint density at radius 1 is 1.33 bits per heavy atom. The highest BCUT2D eigenvalue weighted by Crippen LogP contribution is 2.39. The lowest BCUT2D eigenvalue weighted by Gasteiger charge is -2.39. The van der Waals surface area contributed by atoms with E-state index in [2.05, 4.69) is 46.4 Å². The van der Waals surface area contributed by atoms with Gasteiger partial charge in [-0.05, 0) is 37.5 Å². The van der Waals surface area contributed by atoms with E-state index in [4.69, 9.17) is 0 Å². The molecule has 2 aromatic heterocycles. The van der Waals surface area contributed by atoms with E-state index in [1.807, 2.05) is 6.92 Å². The number of rotatable bonds is 3. The summed E-state index contributed by atoms with van der Waals surface area (Å²) in [6.45, 7) is 9.83. The van der Waals surface area contributed by atoms with E-state index in [9.17, 15) is 0 Å². The minimum absolute atomic E-state index is 0.377. The second-order valence-electron chi connectivity index (χ2n) is 7.05. The SMILES string of the molecule is CCn1nnc2c(N[C@H]3C[C@H](C)CC(C)(C)C3)ncnc21. The summed E-state index contributed by atoms with van der Waals surface area (Å²) < 4.78 is 1.80. The summed E-state index contributed by atoms with van der Waals surface area (Å²) in [5.74, 6) is 1.55. The van der Waals surface area contributed by atoms with Gasteiger partial charge in [-0.3, -0.25) is 0 Å². The highest BCUT2D eigenvalue weighted by atomic mass is 15.4. The molecular formula is C15H24N6. The number of hydrogen-bond acceptors (Lipinski definition) is 5. The van der Waals surface area contributed by atoms with Gasteiger partial charge in [0.05, 0.1) is 0 Å². The predicted molar refractivity (Wildman–Crippen MR) is 83.0 cm³/mol. The van der Waals surface area contributed by atoms with Crippen molar-refractivity contribution < 1.29 is 0 Å². The highest BCUT2D eigenvalue weighted by molar-refractivity contribution is 5.81. The lowest BCUT2D eigenvalue weighted by Crippen LogP contribution is -2.35. The Balaban J connectivity index is 1.86. The zero-order valence-corrected chi connectivity index (χ0v) is 13.3. The van der Waals surface area contributed by atoms with Crippen molar-refractivity contribution in [3.63, 3.8) is 0 Å². The maximum Gasteiger partial charge on any atom is 0.183 e. The van der Waals surface area contributed by atoms with Crippen LogP contribution < -0.4 is 5.32 Å². The maximum atomic E-state index is 4.38. The van der Waals surface area contributed by atoms with Crippen molar-refractivity contribution >= 4 is 17.0 Å². The van der Waals surface area contributed by atoms with Crippen molar-refractivity contribution in [2.24, 2.45) is 11.3 Å². The van der Waals surface area contributed by atoms with E-state index in [-0.39, 0.29) is 0 Å². The molecule has 0 aromatic carbocycles. The van der Waals surface area contributed by atoms with Crippen LogP contribution in [0.4, 0.5) is 5.82 Å². The first-order chi connectivity index (χ1) is 9.98. The monoisotopic (exact) mass is 288 g/mol. The molecule has 3 rings (SSSR count). The topological polar surface area (TPSA) is 68.5 Å². The van der Waals surface area contributed by atoms with Gasteiger partial charge in [0, 0.05) is 12.6 Å². The summed E-state index contributed by atoms with van der Waals surface area (Å²) in [5.41, 5.74) is 1.95. The van der Waals surface area contributed by atoms with E-state index in [0.29, 0.717) is 11.5 Å². The third-order valence-corrected chi connectivity index (χ3v) is 4.33. The molecule has 114 valence electrons. The summed E-state index contributed by atoms with van der Waals surface area (Å²) in [7, 11) is 0. The van der Waals surface area contributed by atoms with Gasteiger partial charge < -0.3 is 5.32 Å². The number of nitrogens with one attached hydrogen (secondary N) is 1. The van der Waals surface area contributed by atoms with E-state index >= 15 is 0 Å². The largest absolute Gasteiger partial charge is 0.365 e. The third kappa shape index (κ3) is 2.84. The fraction of sp³-hybridized carbons (Fsp3) is 0.733. The third-order valence-electron chi connectivity index (χ3n) is 4.33. The molecule has 6 nitrogen and oxygen atoms in total. The first kappa shape index (κ1) is 14.2. The van der Waals surface area contributed by atoms with Gasteiger partial charge in [0.2, 0.25) is 0 Å². The summed E-state index contributed by atoms with van der Waals surface area (Å²) in [6, 6.07) is 0.439. The number of fused-ring (bicyclic) bond motifs is 1. The Bertz CT molecular complexity index is 632. The number of aromatic nitrogens is 5. The van der Waals surface area contributed by atoms with Crippen LogP contribution in [0.1, 0.15) is 47.0 Å². The summed E-state index contributed by atoms with van der Waals surface area (Å²) in [4.78, 5) is 8.68. The zero-order chi connectivity index (χ0) is 15.0.